The van der Waals surface area contributed by atoms with Gasteiger partial charge in [-0.3, -0.25) is 24.6 Å². The SMILES string of the molecule is CC(=O)c1ccc(OCC(=O)N2CC(C)N(Cc3ccc(F)cc3)CC2C)c([N+](=O)[O-])c1. The second-order valence-electron chi connectivity index (χ2n) is 8.08. The number of carbonyl (C=O) groups excluding carboxylic acids is 2. The van der Waals surface area contributed by atoms with Crippen LogP contribution in [0.5, 0.6) is 5.75 Å². The van der Waals surface area contributed by atoms with Gasteiger partial charge in [0.05, 0.1) is 4.92 Å². The number of halogens is 1. The number of ether oxygens (including phenoxy) is 1. The molecule has 0 spiro atoms. The van der Waals surface area contributed by atoms with E-state index >= 15 is 0 Å². The van der Waals surface area contributed by atoms with Gasteiger partial charge in [-0.15, -0.1) is 0 Å². The molecule has 2 atom stereocenters. The van der Waals surface area contributed by atoms with Crippen LogP contribution in [0.2, 0.25) is 0 Å². The van der Waals surface area contributed by atoms with Crippen molar-refractivity contribution in [1.29, 1.82) is 0 Å². The van der Waals surface area contributed by atoms with Crippen LogP contribution < -0.4 is 4.74 Å². The molecule has 170 valence electrons. The fraction of sp³-hybridized carbons (Fsp3) is 0.391. The Morgan fingerprint density at radius 3 is 2.44 bits per heavy atom. The maximum Gasteiger partial charge on any atom is 0.311 e. The minimum atomic E-state index is -0.634. The van der Waals surface area contributed by atoms with Crippen molar-refractivity contribution in [2.45, 2.75) is 39.4 Å². The summed E-state index contributed by atoms with van der Waals surface area (Å²) in [4.78, 5) is 38.9. The number of carbonyl (C=O) groups is 2. The Bertz CT molecular complexity index is 1010. The number of amides is 1. The van der Waals surface area contributed by atoms with E-state index < -0.39 is 4.92 Å². The van der Waals surface area contributed by atoms with E-state index in [4.69, 9.17) is 4.74 Å². The Balaban J connectivity index is 1.62. The summed E-state index contributed by atoms with van der Waals surface area (Å²) in [6.45, 7) is 6.71. The predicted molar refractivity (Wildman–Crippen MR) is 116 cm³/mol. The molecule has 1 amide bonds. The molecule has 0 N–H and O–H groups in total. The quantitative estimate of drug-likeness (QED) is 0.370. The van der Waals surface area contributed by atoms with E-state index in [-0.39, 0.29) is 53.2 Å². The summed E-state index contributed by atoms with van der Waals surface area (Å²) in [5.41, 5.74) is 0.848. The number of nitrogens with zero attached hydrogens (tertiary/aromatic N) is 3. The van der Waals surface area contributed by atoms with Crippen molar-refractivity contribution in [3.63, 3.8) is 0 Å². The molecule has 0 saturated carbocycles. The summed E-state index contributed by atoms with van der Waals surface area (Å²) in [7, 11) is 0. The van der Waals surface area contributed by atoms with Crippen LogP contribution in [-0.4, -0.2) is 58.2 Å². The summed E-state index contributed by atoms with van der Waals surface area (Å²) in [6, 6.07) is 10.3. The van der Waals surface area contributed by atoms with Crippen LogP contribution in [-0.2, 0) is 11.3 Å². The van der Waals surface area contributed by atoms with Crippen LogP contribution in [0.25, 0.3) is 0 Å². The van der Waals surface area contributed by atoms with Crippen LogP contribution in [0.3, 0.4) is 0 Å². The van der Waals surface area contributed by atoms with Crippen molar-refractivity contribution in [3.05, 3.63) is 69.5 Å². The van der Waals surface area contributed by atoms with E-state index in [0.29, 0.717) is 19.6 Å². The molecule has 3 rings (SSSR count). The number of piperazine rings is 1. The summed E-state index contributed by atoms with van der Waals surface area (Å²) in [6.07, 6.45) is 0. The van der Waals surface area contributed by atoms with Gasteiger partial charge in [0.2, 0.25) is 0 Å². The molecule has 1 aliphatic heterocycles. The van der Waals surface area contributed by atoms with Gasteiger partial charge in [0, 0.05) is 43.3 Å². The van der Waals surface area contributed by atoms with Crippen molar-refractivity contribution < 1.29 is 23.6 Å². The number of hydrogen-bond acceptors (Lipinski definition) is 6. The van der Waals surface area contributed by atoms with Crippen molar-refractivity contribution >= 4 is 17.4 Å². The van der Waals surface area contributed by atoms with E-state index in [1.165, 1.54) is 31.2 Å². The molecule has 0 aliphatic carbocycles. The molecule has 2 unspecified atom stereocenters. The highest BCUT2D eigenvalue weighted by molar-refractivity contribution is 5.95. The Morgan fingerprint density at radius 2 is 1.81 bits per heavy atom. The molecule has 0 bridgehead atoms. The smallest absolute Gasteiger partial charge is 0.311 e. The Hall–Kier alpha value is -3.33. The number of Topliss-reactive ketones (excluding diaryl/α,β-unsaturated/α-hetero) is 1. The third-order valence-electron chi connectivity index (χ3n) is 5.65. The highest BCUT2D eigenvalue weighted by atomic mass is 19.1. The van der Waals surface area contributed by atoms with Gasteiger partial charge < -0.3 is 9.64 Å². The second-order valence-corrected chi connectivity index (χ2v) is 8.08. The number of hydrogen-bond donors (Lipinski definition) is 0. The third-order valence-corrected chi connectivity index (χ3v) is 5.65. The van der Waals surface area contributed by atoms with E-state index in [1.54, 1.807) is 17.0 Å². The monoisotopic (exact) mass is 443 g/mol. The maximum atomic E-state index is 13.1. The first-order valence-electron chi connectivity index (χ1n) is 10.4. The largest absolute Gasteiger partial charge is 0.477 e. The Kier molecular flexibility index (Phi) is 7.19. The molecular formula is C23H26FN3O5. The molecule has 8 nitrogen and oxygen atoms in total. The summed E-state index contributed by atoms with van der Waals surface area (Å²) in [5, 5.41) is 11.3. The van der Waals surface area contributed by atoms with Gasteiger partial charge in [0.15, 0.2) is 18.1 Å². The van der Waals surface area contributed by atoms with Gasteiger partial charge >= 0.3 is 5.69 Å². The van der Waals surface area contributed by atoms with Gasteiger partial charge in [-0.2, -0.15) is 0 Å². The molecule has 0 radical (unpaired) electrons. The van der Waals surface area contributed by atoms with Gasteiger partial charge in [0.25, 0.3) is 5.91 Å². The average molecular weight is 443 g/mol. The molecule has 2 aromatic rings. The maximum absolute atomic E-state index is 13.1. The van der Waals surface area contributed by atoms with Gasteiger partial charge in [-0.05, 0) is 50.6 Å². The number of nitro groups is 1. The summed E-state index contributed by atoms with van der Waals surface area (Å²) in [5.74, 6) is -0.890. The first-order chi connectivity index (χ1) is 15.2. The van der Waals surface area contributed by atoms with Crippen LogP contribution in [0.1, 0.15) is 36.7 Å². The lowest BCUT2D eigenvalue weighted by Crippen LogP contribution is -2.58. The molecule has 2 aromatic carbocycles. The average Bonchev–Trinajstić information content (AvgIpc) is 2.75. The number of benzene rings is 2. The molecule has 1 heterocycles. The van der Waals surface area contributed by atoms with Crippen molar-refractivity contribution in [3.8, 4) is 5.75 Å². The standard InChI is InChI=1S/C23H26FN3O5/c1-15-12-26(16(2)11-25(15)13-18-4-7-20(24)8-5-18)23(29)14-32-22-9-6-19(17(3)28)10-21(22)27(30)31/h4-10,15-16H,11-14H2,1-3H3. The molecule has 32 heavy (non-hydrogen) atoms. The zero-order valence-corrected chi connectivity index (χ0v) is 18.3. The third kappa shape index (κ3) is 5.47. The normalized spacial score (nSPS) is 18.9. The fourth-order valence-electron chi connectivity index (χ4n) is 3.81. The predicted octanol–water partition coefficient (Wildman–Crippen LogP) is 3.44. The van der Waals surface area contributed by atoms with Gasteiger partial charge in [-0.1, -0.05) is 12.1 Å². The Labute approximate surface area is 185 Å². The van der Waals surface area contributed by atoms with Gasteiger partial charge in [0.1, 0.15) is 5.82 Å². The van der Waals surface area contributed by atoms with Crippen molar-refractivity contribution in [1.82, 2.24) is 9.80 Å². The van der Waals surface area contributed by atoms with Crippen LogP contribution in [0, 0.1) is 15.9 Å². The lowest BCUT2D eigenvalue weighted by atomic mass is 10.1. The van der Waals surface area contributed by atoms with Crippen molar-refractivity contribution in [2.75, 3.05) is 19.7 Å². The number of rotatable bonds is 7. The highest BCUT2D eigenvalue weighted by Crippen LogP contribution is 2.28. The molecule has 1 fully saturated rings. The molecule has 1 aliphatic rings. The lowest BCUT2D eigenvalue weighted by Gasteiger charge is -2.44. The van der Waals surface area contributed by atoms with E-state index in [9.17, 15) is 24.1 Å². The fourth-order valence-corrected chi connectivity index (χ4v) is 3.81. The Morgan fingerprint density at radius 1 is 1.12 bits per heavy atom. The van der Waals surface area contributed by atoms with Gasteiger partial charge in [-0.25, -0.2) is 4.39 Å². The van der Waals surface area contributed by atoms with Crippen LogP contribution in [0.4, 0.5) is 10.1 Å². The van der Waals surface area contributed by atoms with Crippen LogP contribution >= 0.6 is 0 Å². The molecule has 0 aromatic heterocycles. The van der Waals surface area contributed by atoms with Crippen LogP contribution in [0.15, 0.2) is 42.5 Å². The highest BCUT2D eigenvalue weighted by Gasteiger charge is 2.32. The number of ketones is 1. The summed E-state index contributed by atoms with van der Waals surface area (Å²) >= 11 is 0. The molecule has 1 saturated heterocycles. The molecular weight excluding hydrogens is 417 g/mol. The first-order valence-corrected chi connectivity index (χ1v) is 10.4. The minimum absolute atomic E-state index is 0.0519. The van der Waals surface area contributed by atoms with E-state index in [2.05, 4.69) is 4.90 Å². The summed E-state index contributed by atoms with van der Waals surface area (Å²) < 4.78 is 18.6. The van der Waals surface area contributed by atoms with E-state index in [1.807, 2.05) is 13.8 Å². The topological polar surface area (TPSA) is 93.0 Å². The molecule has 9 heteroatoms. The van der Waals surface area contributed by atoms with Crippen molar-refractivity contribution in [2.24, 2.45) is 0 Å². The lowest BCUT2D eigenvalue weighted by molar-refractivity contribution is -0.385. The zero-order valence-electron chi connectivity index (χ0n) is 18.3. The van der Waals surface area contributed by atoms with E-state index in [0.717, 1.165) is 11.6 Å². The number of nitro benzene ring substituents is 1. The first kappa shape index (κ1) is 23.3. The zero-order chi connectivity index (χ0) is 23.4. The minimum Gasteiger partial charge on any atom is -0.477 e. The second kappa shape index (κ2) is 9.86.